The highest BCUT2D eigenvalue weighted by atomic mass is 16.5. The van der Waals surface area contributed by atoms with Gasteiger partial charge in [-0.15, -0.1) is 0 Å². The fourth-order valence-corrected chi connectivity index (χ4v) is 3.00. The van der Waals surface area contributed by atoms with Crippen molar-refractivity contribution in [1.82, 2.24) is 14.7 Å². The van der Waals surface area contributed by atoms with Gasteiger partial charge in [0.15, 0.2) is 0 Å². The third-order valence-electron chi connectivity index (χ3n) is 4.41. The zero-order chi connectivity index (χ0) is 17.1. The van der Waals surface area contributed by atoms with Gasteiger partial charge in [0.2, 0.25) is 5.91 Å². The maximum Gasteiger partial charge on any atom is 0.238 e. The number of carbonyl (C=O) groups excluding carboxylic acids is 1. The number of nitrogens with zero attached hydrogens (tertiary/aromatic N) is 3. The number of para-hydroxylation sites is 1. The first-order valence-electron chi connectivity index (χ1n) is 8.29. The van der Waals surface area contributed by atoms with Crippen molar-refractivity contribution in [2.75, 3.05) is 31.6 Å². The van der Waals surface area contributed by atoms with Crippen LogP contribution in [0.4, 0.5) is 5.69 Å². The molecule has 2 heterocycles. The van der Waals surface area contributed by atoms with Crippen LogP contribution in [-0.2, 0) is 9.53 Å². The largest absolute Gasteiger partial charge is 0.379 e. The van der Waals surface area contributed by atoms with Gasteiger partial charge in [-0.3, -0.25) is 9.69 Å². The third-order valence-corrected chi connectivity index (χ3v) is 4.41. The number of hydrogen-bond acceptors (Lipinski definition) is 4. The zero-order valence-electron chi connectivity index (χ0n) is 14.5. The molecular formula is C18H24N4O2. The molecule has 128 valence electrons. The van der Waals surface area contributed by atoms with Crippen LogP contribution in [0.25, 0.3) is 5.69 Å². The second-order valence-electron chi connectivity index (χ2n) is 6.24. The SMILES string of the molecule is Cc1nn(-c2ccccc2)c(C)c1NC(=O)CN1CCOCC1C. The Balaban J connectivity index is 1.73. The molecule has 1 atom stereocenters. The number of benzene rings is 1. The molecule has 0 spiro atoms. The lowest BCUT2D eigenvalue weighted by molar-refractivity contribution is -0.119. The number of nitrogens with one attached hydrogen (secondary N) is 1. The van der Waals surface area contributed by atoms with Crippen LogP contribution in [0.1, 0.15) is 18.3 Å². The summed E-state index contributed by atoms with van der Waals surface area (Å²) in [7, 11) is 0. The van der Waals surface area contributed by atoms with Gasteiger partial charge in [0.1, 0.15) is 0 Å². The summed E-state index contributed by atoms with van der Waals surface area (Å²) in [6.45, 7) is 8.49. The molecule has 1 amide bonds. The van der Waals surface area contributed by atoms with Crippen LogP contribution >= 0.6 is 0 Å². The number of hydrogen-bond donors (Lipinski definition) is 1. The first-order valence-corrected chi connectivity index (χ1v) is 8.29. The van der Waals surface area contributed by atoms with Gasteiger partial charge in [-0.25, -0.2) is 4.68 Å². The van der Waals surface area contributed by atoms with E-state index in [4.69, 9.17) is 4.74 Å². The standard InChI is InChI=1S/C18H24N4O2/c1-13-12-24-10-9-21(13)11-17(23)19-18-14(2)20-22(15(18)3)16-7-5-4-6-8-16/h4-8,13H,9-12H2,1-3H3,(H,19,23). The summed E-state index contributed by atoms with van der Waals surface area (Å²) in [4.78, 5) is 14.6. The van der Waals surface area contributed by atoms with Crippen molar-refractivity contribution in [3.05, 3.63) is 41.7 Å². The van der Waals surface area contributed by atoms with Crippen molar-refractivity contribution >= 4 is 11.6 Å². The molecule has 3 rings (SSSR count). The highest BCUT2D eigenvalue weighted by Crippen LogP contribution is 2.22. The van der Waals surface area contributed by atoms with E-state index in [1.165, 1.54) is 0 Å². The summed E-state index contributed by atoms with van der Waals surface area (Å²) in [6.07, 6.45) is 0. The van der Waals surface area contributed by atoms with E-state index in [2.05, 4.69) is 22.2 Å². The summed E-state index contributed by atoms with van der Waals surface area (Å²) >= 11 is 0. The van der Waals surface area contributed by atoms with Gasteiger partial charge in [-0.1, -0.05) is 18.2 Å². The second-order valence-corrected chi connectivity index (χ2v) is 6.24. The van der Waals surface area contributed by atoms with E-state index in [-0.39, 0.29) is 11.9 Å². The molecule has 1 saturated heterocycles. The van der Waals surface area contributed by atoms with Gasteiger partial charge in [0, 0.05) is 12.6 Å². The lowest BCUT2D eigenvalue weighted by Gasteiger charge is -2.32. The Hall–Kier alpha value is -2.18. The normalized spacial score (nSPS) is 18.5. The van der Waals surface area contributed by atoms with Crippen LogP contribution in [0.2, 0.25) is 0 Å². The first kappa shape index (κ1) is 16.7. The quantitative estimate of drug-likeness (QED) is 0.934. The zero-order valence-corrected chi connectivity index (χ0v) is 14.5. The molecule has 2 aromatic rings. The molecule has 0 saturated carbocycles. The Kier molecular flexibility index (Phi) is 4.97. The second kappa shape index (κ2) is 7.15. The lowest BCUT2D eigenvalue weighted by atomic mass is 10.2. The minimum Gasteiger partial charge on any atom is -0.379 e. The van der Waals surface area contributed by atoms with Crippen molar-refractivity contribution in [2.24, 2.45) is 0 Å². The number of aryl methyl sites for hydroxylation is 1. The topological polar surface area (TPSA) is 59.4 Å². The van der Waals surface area contributed by atoms with Crippen molar-refractivity contribution in [2.45, 2.75) is 26.8 Å². The van der Waals surface area contributed by atoms with Gasteiger partial charge < -0.3 is 10.1 Å². The molecule has 6 nitrogen and oxygen atoms in total. The van der Waals surface area contributed by atoms with Crippen LogP contribution in [0, 0.1) is 13.8 Å². The van der Waals surface area contributed by atoms with Crippen molar-refractivity contribution in [1.29, 1.82) is 0 Å². The van der Waals surface area contributed by atoms with Crippen molar-refractivity contribution < 1.29 is 9.53 Å². The Labute approximate surface area is 142 Å². The Morgan fingerprint density at radius 3 is 2.79 bits per heavy atom. The van der Waals surface area contributed by atoms with Gasteiger partial charge >= 0.3 is 0 Å². The Morgan fingerprint density at radius 2 is 2.08 bits per heavy atom. The van der Waals surface area contributed by atoms with Gasteiger partial charge in [0.25, 0.3) is 0 Å². The van der Waals surface area contributed by atoms with E-state index < -0.39 is 0 Å². The van der Waals surface area contributed by atoms with E-state index in [0.717, 1.165) is 29.3 Å². The number of amides is 1. The molecule has 1 N–H and O–H groups in total. The number of aromatic nitrogens is 2. The molecule has 6 heteroatoms. The molecule has 0 radical (unpaired) electrons. The average molecular weight is 328 g/mol. The minimum absolute atomic E-state index is 0.0115. The fourth-order valence-electron chi connectivity index (χ4n) is 3.00. The molecule has 24 heavy (non-hydrogen) atoms. The predicted molar refractivity (Wildman–Crippen MR) is 93.5 cm³/mol. The smallest absolute Gasteiger partial charge is 0.238 e. The summed E-state index contributed by atoms with van der Waals surface area (Å²) < 4.78 is 7.28. The molecule has 1 aliphatic rings. The number of carbonyl (C=O) groups is 1. The van der Waals surface area contributed by atoms with Gasteiger partial charge in [-0.2, -0.15) is 5.10 Å². The highest BCUT2D eigenvalue weighted by Gasteiger charge is 2.22. The molecule has 1 aromatic heterocycles. The van der Waals surface area contributed by atoms with Crippen LogP contribution < -0.4 is 5.32 Å². The summed E-state index contributed by atoms with van der Waals surface area (Å²) in [6, 6.07) is 10.2. The van der Waals surface area contributed by atoms with E-state index in [1.54, 1.807) is 0 Å². The summed E-state index contributed by atoms with van der Waals surface area (Å²) in [5.74, 6) is -0.0115. The number of anilines is 1. The molecule has 0 aliphatic carbocycles. The monoisotopic (exact) mass is 328 g/mol. The lowest BCUT2D eigenvalue weighted by Crippen LogP contribution is -2.47. The fraction of sp³-hybridized carbons (Fsp3) is 0.444. The maximum absolute atomic E-state index is 12.4. The van der Waals surface area contributed by atoms with E-state index >= 15 is 0 Å². The Morgan fingerprint density at radius 1 is 1.33 bits per heavy atom. The summed E-state index contributed by atoms with van der Waals surface area (Å²) in [5, 5.41) is 7.60. The van der Waals surface area contributed by atoms with Crippen LogP contribution in [0.3, 0.4) is 0 Å². The van der Waals surface area contributed by atoms with E-state index in [9.17, 15) is 4.79 Å². The minimum atomic E-state index is -0.0115. The maximum atomic E-state index is 12.4. The molecule has 1 aliphatic heterocycles. The van der Waals surface area contributed by atoms with Crippen LogP contribution in [0.15, 0.2) is 30.3 Å². The molecule has 0 bridgehead atoms. The van der Waals surface area contributed by atoms with Crippen molar-refractivity contribution in [3.63, 3.8) is 0 Å². The third kappa shape index (κ3) is 3.49. The molecule has 1 aromatic carbocycles. The van der Waals surface area contributed by atoms with Gasteiger partial charge in [0.05, 0.1) is 42.5 Å². The summed E-state index contributed by atoms with van der Waals surface area (Å²) in [5.41, 5.74) is 3.53. The highest BCUT2D eigenvalue weighted by molar-refractivity contribution is 5.93. The van der Waals surface area contributed by atoms with Crippen LogP contribution in [0.5, 0.6) is 0 Å². The number of rotatable bonds is 4. The Bertz CT molecular complexity index is 711. The predicted octanol–water partition coefficient (Wildman–Crippen LogP) is 2.15. The van der Waals surface area contributed by atoms with E-state index in [1.807, 2.05) is 48.9 Å². The first-order chi connectivity index (χ1) is 11.6. The van der Waals surface area contributed by atoms with Gasteiger partial charge in [-0.05, 0) is 32.9 Å². The number of morpholine rings is 1. The molecular weight excluding hydrogens is 304 g/mol. The van der Waals surface area contributed by atoms with Crippen molar-refractivity contribution in [3.8, 4) is 5.69 Å². The molecule has 1 fully saturated rings. The van der Waals surface area contributed by atoms with Crippen LogP contribution in [-0.4, -0.2) is 52.9 Å². The number of ether oxygens (including phenoxy) is 1. The average Bonchev–Trinajstić information content (AvgIpc) is 2.86. The van der Waals surface area contributed by atoms with E-state index in [0.29, 0.717) is 19.8 Å². The molecule has 1 unspecified atom stereocenters.